The maximum absolute atomic E-state index is 13.5. The van der Waals surface area contributed by atoms with E-state index in [0.717, 1.165) is 89.9 Å². The third-order valence-electron chi connectivity index (χ3n) is 14.4. The molecule has 0 rings (SSSR count). The van der Waals surface area contributed by atoms with Gasteiger partial charge in [0.15, 0.2) is 0 Å². The molecule has 3 atom stereocenters. The van der Waals surface area contributed by atoms with Crippen LogP contribution in [0.2, 0.25) is 0 Å². The molecular formula is C68H126N2O7P+. The predicted octanol–water partition coefficient (Wildman–Crippen LogP) is 20.4. The number of carbonyl (C=O) groups excluding carboxylic acids is 2. The Morgan fingerprint density at radius 1 is 0.474 bits per heavy atom. The van der Waals surface area contributed by atoms with Crippen molar-refractivity contribution in [3.8, 4) is 0 Å². The molecule has 0 spiro atoms. The molecule has 0 aromatic rings. The number of nitrogens with one attached hydrogen (secondary N) is 1. The van der Waals surface area contributed by atoms with Crippen LogP contribution in [0.15, 0.2) is 72.9 Å². The fourth-order valence-corrected chi connectivity index (χ4v) is 10.1. The molecule has 0 saturated heterocycles. The van der Waals surface area contributed by atoms with Crippen LogP contribution in [0, 0.1) is 0 Å². The molecule has 0 aliphatic heterocycles. The standard InChI is InChI=1S/C68H125N2O7P/c1-7-10-13-16-19-22-25-28-29-30-31-32-33-34-35-36-37-38-39-40-41-43-46-49-52-55-58-61-68(72)77-66(59-56-53-50-47-44-27-24-21-18-15-12-9-3)65(64-76-78(73,74)75-63-62-70(4,5)6)69-67(71)60-57-54-51-48-45-42-26-23-20-17-14-11-8-2/h11,14,17,19-20,22-23,26,28-29,56,59,65-66H,7-10,12-13,15-16,18,21,24-25,27,30-55,57-58,60-64H2,1-6H3,(H-,69,71,73,74)/p+1/b14-11+,20-17+,22-19-,26-23-,29-28-,59-56-. The van der Waals surface area contributed by atoms with Gasteiger partial charge in [0.1, 0.15) is 19.3 Å². The molecule has 0 aromatic heterocycles. The molecule has 0 radical (unpaired) electrons. The molecule has 0 aromatic carbocycles. The summed E-state index contributed by atoms with van der Waals surface area (Å²) in [5.74, 6) is -0.523. The number of likely N-dealkylation sites (N-methyl/N-ethyl adjacent to an activating group) is 1. The van der Waals surface area contributed by atoms with E-state index in [2.05, 4.69) is 86.8 Å². The van der Waals surface area contributed by atoms with Gasteiger partial charge >= 0.3 is 13.8 Å². The first-order valence-corrected chi connectivity index (χ1v) is 34.3. The molecule has 0 aliphatic carbocycles. The number of rotatable bonds is 59. The van der Waals surface area contributed by atoms with Crippen molar-refractivity contribution in [1.29, 1.82) is 0 Å². The summed E-state index contributed by atoms with van der Waals surface area (Å²) < 4.78 is 30.7. The Kier molecular flexibility index (Phi) is 55.8. The van der Waals surface area contributed by atoms with Gasteiger partial charge in [0, 0.05) is 12.8 Å². The molecule has 0 bridgehead atoms. The number of quaternary nitrogens is 1. The highest BCUT2D eigenvalue weighted by molar-refractivity contribution is 7.47. The summed E-state index contributed by atoms with van der Waals surface area (Å²) in [6.45, 7) is 6.85. The van der Waals surface area contributed by atoms with Crippen LogP contribution in [0.3, 0.4) is 0 Å². The number of hydrogen-bond donors (Lipinski definition) is 2. The van der Waals surface area contributed by atoms with E-state index in [9.17, 15) is 19.0 Å². The van der Waals surface area contributed by atoms with E-state index in [1.807, 2.05) is 33.3 Å². The lowest BCUT2D eigenvalue weighted by atomic mass is 10.0. The van der Waals surface area contributed by atoms with Crippen molar-refractivity contribution in [3.05, 3.63) is 72.9 Å². The minimum Gasteiger partial charge on any atom is -0.456 e. The van der Waals surface area contributed by atoms with E-state index in [-0.39, 0.29) is 31.5 Å². The number of unbranched alkanes of at least 4 members (excludes halogenated alkanes) is 35. The number of amides is 1. The molecule has 0 saturated carbocycles. The molecule has 78 heavy (non-hydrogen) atoms. The van der Waals surface area contributed by atoms with Crippen LogP contribution in [0.4, 0.5) is 0 Å². The molecule has 0 heterocycles. The number of esters is 1. The molecular weight excluding hydrogens is 988 g/mol. The Morgan fingerprint density at radius 3 is 1.35 bits per heavy atom. The van der Waals surface area contributed by atoms with Crippen molar-refractivity contribution in [2.45, 2.75) is 309 Å². The first kappa shape index (κ1) is 75.5. The third kappa shape index (κ3) is 58.1. The van der Waals surface area contributed by atoms with Crippen molar-refractivity contribution in [3.63, 3.8) is 0 Å². The molecule has 1 amide bonds. The minimum absolute atomic E-state index is 0.0347. The fourth-order valence-electron chi connectivity index (χ4n) is 9.38. The molecule has 2 N–H and O–H groups in total. The zero-order valence-electron chi connectivity index (χ0n) is 51.9. The first-order chi connectivity index (χ1) is 37.9. The lowest BCUT2D eigenvalue weighted by Crippen LogP contribution is -2.47. The Hall–Kier alpha value is -2.55. The van der Waals surface area contributed by atoms with E-state index in [1.165, 1.54) is 173 Å². The van der Waals surface area contributed by atoms with Crippen LogP contribution >= 0.6 is 7.82 Å². The highest BCUT2D eigenvalue weighted by Gasteiger charge is 2.30. The smallest absolute Gasteiger partial charge is 0.456 e. The third-order valence-corrected chi connectivity index (χ3v) is 15.4. The second-order valence-corrected chi connectivity index (χ2v) is 24.8. The highest BCUT2D eigenvalue weighted by atomic mass is 31.2. The van der Waals surface area contributed by atoms with Gasteiger partial charge in [-0.15, -0.1) is 0 Å². The van der Waals surface area contributed by atoms with Gasteiger partial charge in [-0.2, -0.15) is 0 Å². The van der Waals surface area contributed by atoms with Crippen LogP contribution in [0.1, 0.15) is 297 Å². The molecule has 454 valence electrons. The quantitative estimate of drug-likeness (QED) is 0.0156. The van der Waals surface area contributed by atoms with E-state index in [0.29, 0.717) is 17.4 Å². The predicted molar refractivity (Wildman–Crippen MR) is 337 cm³/mol. The lowest BCUT2D eigenvalue weighted by Gasteiger charge is -2.27. The average molecular weight is 1110 g/mol. The summed E-state index contributed by atoms with van der Waals surface area (Å²) in [5.41, 5.74) is 0. The van der Waals surface area contributed by atoms with Gasteiger partial charge in [-0.1, -0.05) is 274 Å². The van der Waals surface area contributed by atoms with Crippen LogP contribution in [-0.2, 0) is 27.9 Å². The summed E-state index contributed by atoms with van der Waals surface area (Å²) in [7, 11) is 1.48. The maximum atomic E-state index is 13.5. The van der Waals surface area contributed by atoms with Crippen molar-refractivity contribution in [2.24, 2.45) is 0 Å². The monoisotopic (exact) mass is 1110 g/mol. The largest absolute Gasteiger partial charge is 0.472 e. The second-order valence-electron chi connectivity index (χ2n) is 23.3. The number of allylic oxidation sites excluding steroid dienone is 11. The maximum Gasteiger partial charge on any atom is 0.472 e. The van der Waals surface area contributed by atoms with Crippen LogP contribution in [0.25, 0.3) is 0 Å². The molecule has 10 heteroatoms. The number of phosphoric acid groups is 1. The summed E-state index contributed by atoms with van der Waals surface area (Å²) >= 11 is 0. The Morgan fingerprint density at radius 2 is 0.872 bits per heavy atom. The van der Waals surface area contributed by atoms with Gasteiger partial charge in [-0.25, -0.2) is 4.57 Å². The SMILES string of the molecule is CC/C=C/C=C/C=C\CCCCCCCC(=O)NC(COP(=O)(O)OCC[N+](C)(C)C)C(/C=C\CCCCCCCCCCCC)OC(=O)CCCCCCCCCCCCCCCCCCC/C=C\C/C=C\CCCCC. The Bertz CT molecular complexity index is 1570. The van der Waals surface area contributed by atoms with E-state index in [1.54, 1.807) is 0 Å². The van der Waals surface area contributed by atoms with Crippen molar-refractivity contribution in [1.82, 2.24) is 5.32 Å². The van der Waals surface area contributed by atoms with Crippen molar-refractivity contribution >= 4 is 19.7 Å². The van der Waals surface area contributed by atoms with Gasteiger partial charge in [-0.3, -0.25) is 18.6 Å². The average Bonchev–Trinajstić information content (AvgIpc) is 3.40. The van der Waals surface area contributed by atoms with Crippen LogP contribution in [-0.4, -0.2) is 74.3 Å². The number of carbonyl (C=O) groups is 2. The highest BCUT2D eigenvalue weighted by Crippen LogP contribution is 2.43. The first-order valence-electron chi connectivity index (χ1n) is 32.8. The van der Waals surface area contributed by atoms with Gasteiger partial charge in [-0.05, 0) is 83.1 Å². The van der Waals surface area contributed by atoms with E-state index < -0.39 is 20.0 Å². The normalized spacial score (nSPS) is 14.1. The van der Waals surface area contributed by atoms with Gasteiger partial charge < -0.3 is 19.4 Å². The van der Waals surface area contributed by atoms with Crippen molar-refractivity contribution in [2.75, 3.05) is 40.9 Å². The Labute approximate surface area is 483 Å². The zero-order chi connectivity index (χ0) is 57.2. The van der Waals surface area contributed by atoms with Gasteiger partial charge in [0.2, 0.25) is 5.91 Å². The molecule has 0 fully saturated rings. The van der Waals surface area contributed by atoms with Crippen LogP contribution < -0.4 is 5.32 Å². The topological polar surface area (TPSA) is 111 Å². The fraction of sp³-hybridized carbons (Fsp3) is 0.794. The summed E-state index contributed by atoms with van der Waals surface area (Å²) in [4.78, 5) is 37.7. The molecule has 9 nitrogen and oxygen atoms in total. The second kappa shape index (κ2) is 57.7. The molecule has 3 unspecified atom stereocenters. The van der Waals surface area contributed by atoms with Gasteiger partial charge in [0.05, 0.1) is 33.8 Å². The number of hydrogen-bond acceptors (Lipinski definition) is 6. The van der Waals surface area contributed by atoms with Crippen LogP contribution in [0.5, 0.6) is 0 Å². The van der Waals surface area contributed by atoms with E-state index >= 15 is 0 Å². The zero-order valence-corrected chi connectivity index (χ0v) is 52.8. The number of phosphoric ester groups is 1. The molecule has 0 aliphatic rings. The Balaban J connectivity index is 5.01. The number of nitrogens with zero attached hydrogens (tertiary/aromatic N) is 1. The van der Waals surface area contributed by atoms with Gasteiger partial charge in [0.25, 0.3) is 0 Å². The number of ether oxygens (including phenoxy) is 1. The minimum atomic E-state index is -4.45. The summed E-state index contributed by atoms with van der Waals surface area (Å²) in [5, 5.41) is 3.04. The van der Waals surface area contributed by atoms with E-state index in [4.69, 9.17) is 13.8 Å². The van der Waals surface area contributed by atoms with Crippen molar-refractivity contribution < 1.29 is 37.3 Å². The summed E-state index contributed by atoms with van der Waals surface area (Å²) in [6, 6.07) is -0.860. The summed E-state index contributed by atoms with van der Waals surface area (Å²) in [6.07, 6.45) is 74.9. The lowest BCUT2D eigenvalue weighted by molar-refractivity contribution is -0.870.